The molecule has 0 atom stereocenters. The summed E-state index contributed by atoms with van der Waals surface area (Å²) in [5.41, 5.74) is 3.31. The fourth-order valence-corrected chi connectivity index (χ4v) is 2.65. The third-order valence-electron chi connectivity index (χ3n) is 3.91. The molecule has 0 saturated heterocycles. The Bertz CT molecular complexity index is 647. The van der Waals surface area contributed by atoms with E-state index >= 15 is 0 Å². The van der Waals surface area contributed by atoms with Gasteiger partial charge in [-0.2, -0.15) is 0 Å². The second kappa shape index (κ2) is 6.10. The van der Waals surface area contributed by atoms with Crippen LogP contribution in [0.15, 0.2) is 30.6 Å². The quantitative estimate of drug-likeness (QED) is 0.882. The Balaban J connectivity index is 1.59. The summed E-state index contributed by atoms with van der Waals surface area (Å²) >= 11 is 0. The average Bonchev–Trinajstić information content (AvgIpc) is 2.92. The van der Waals surface area contributed by atoms with Gasteiger partial charge in [-0.05, 0) is 36.2 Å². The van der Waals surface area contributed by atoms with Crippen LogP contribution in [-0.2, 0) is 26.4 Å². The lowest BCUT2D eigenvalue weighted by Gasteiger charge is -2.17. The third-order valence-corrected chi connectivity index (χ3v) is 3.91. The van der Waals surface area contributed by atoms with E-state index in [1.165, 1.54) is 11.1 Å². The van der Waals surface area contributed by atoms with Crippen molar-refractivity contribution >= 4 is 5.91 Å². The Kier molecular flexibility index (Phi) is 4.01. The number of aryl methyl sites for hydroxylation is 1. The predicted molar refractivity (Wildman–Crippen MR) is 81.1 cm³/mol. The number of benzene rings is 1. The van der Waals surface area contributed by atoms with E-state index in [1.54, 1.807) is 6.20 Å². The summed E-state index contributed by atoms with van der Waals surface area (Å²) < 4.78 is 1.97. The Morgan fingerprint density at radius 3 is 3.14 bits per heavy atom. The van der Waals surface area contributed by atoms with Crippen LogP contribution in [-0.4, -0.2) is 28.5 Å². The Labute approximate surface area is 124 Å². The maximum atomic E-state index is 12.2. The van der Waals surface area contributed by atoms with Gasteiger partial charge in [0.05, 0.1) is 0 Å². The molecular weight excluding hydrogens is 264 g/mol. The molecule has 0 saturated carbocycles. The molecule has 0 spiro atoms. The molecule has 110 valence electrons. The number of hydrogen-bond acceptors (Lipinski definition) is 3. The highest BCUT2D eigenvalue weighted by molar-refractivity contribution is 5.94. The van der Waals surface area contributed by atoms with Gasteiger partial charge in [-0.3, -0.25) is 4.79 Å². The standard InChI is InChI=1S/C16H20N4O/c1-20-9-8-18-15(20)5-7-19-16(21)13-3-2-12-4-6-17-11-14(12)10-13/h2-3,8-10,17H,4-7,11H2,1H3,(H,19,21). The Hall–Kier alpha value is -2.14. The molecule has 1 aliphatic rings. The highest BCUT2D eigenvalue weighted by Crippen LogP contribution is 2.15. The van der Waals surface area contributed by atoms with Crippen LogP contribution >= 0.6 is 0 Å². The molecule has 21 heavy (non-hydrogen) atoms. The van der Waals surface area contributed by atoms with Gasteiger partial charge in [0.25, 0.3) is 5.91 Å². The van der Waals surface area contributed by atoms with Gasteiger partial charge in [-0.25, -0.2) is 4.98 Å². The minimum absolute atomic E-state index is 0.0161. The number of carbonyl (C=O) groups excluding carboxylic acids is 1. The predicted octanol–water partition coefficient (Wildman–Crippen LogP) is 1.04. The fraction of sp³-hybridized carbons (Fsp3) is 0.375. The fourth-order valence-electron chi connectivity index (χ4n) is 2.65. The highest BCUT2D eigenvalue weighted by atomic mass is 16.1. The van der Waals surface area contributed by atoms with E-state index in [-0.39, 0.29) is 5.91 Å². The lowest BCUT2D eigenvalue weighted by Crippen LogP contribution is -2.28. The molecule has 1 aromatic heterocycles. The van der Waals surface area contributed by atoms with Crippen molar-refractivity contribution in [3.8, 4) is 0 Å². The van der Waals surface area contributed by atoms with E-state index in [9.17, 15) is 4.79 Å². The van der Waals surface area contributed by atoms with Crippen molar-refractivity contribution in [2.45, 2.75) is 19.4 Å². The number of aromatic nitrogens is 2. The van der Waals surface area contributed by atoms with E-state index in [4.69, 9.17) is 0 Å². The molecule has 0 aliphatic carbocycles. The molecule has 0 unspecified atom stereocenters. The minimum atomic E-state index is -0.0161. The molecule has 0 radical (unpaired) electrons. The van der Waals surface area contributed by atoms with Gasteiger partial charge in [-0.15, -0.1) is 0 Å². The number of amides is 1. The van der Waals surface area contributed by atoms with Crippen molar-refractivity contribution in [3.05, 3.63) is 53.1 Å². The summed E-state index contributed by atoms with van der Waals surface area (Å²) in [4.78, 5) is 16.4. The number of carbonyl (C=O) groups is 1. The first kappa shape index (κ1) is 13.8. The van der Waals surface area contributed by atoms with E-state index < -0.39 is 0 Å². The van der Waals surface area contributed by atoms with Crippen molar-refractivity contribution in [3.63, 3.8) is 0 Å². The van der Waals surface area contributed by atoms with Crippen LogP contribution in [0.5, 0.6) is 0 Å². The van der Waals surface area contributed by atoms with E-state index in [1.807, 2.05) is 29.9 Å². The lowest BCUT2D eigenvalue weighted by molar-refractivity contribution is 0.0954. The first-order valence-corrected chi connectivity index (χ1v) is 7.31. The summed E-state index contributed by atoms with van der Waals surface area (Å²) in [6.07, 6.45) is 5.46. The summed E-state index contributed by atoms with van der Waals surface area (Å²) in [6, 6.07) is 5.99. The number of nitrogens with zero attached hydrogens (tertiary/aromatic N) is 2. The highest BCUT2D eigenvalue weighted by Gasteiger charge is 2.12. The molecule has 2 aromatic rings. The van der Waals surface area contributed by atoms with Crippen molar-refractivity contribution in [2.75, 3.05) is 13.1 Å². The summed E-state index contributed by atoms with van der Waals surface area (Å²) in [5, 5.41) is 6.29. The van der Waals surface area contributed by atoms with Gasteiger partial charge < -0.3 is 15.2 Å². The number of hydrogen-bond donors (Lipinski definition) is 2. The minimum Gasteiger partial charge on any atom is -0.352 e. The van der Waals surface area contributed by atoms with Gasteiger partial charge in [0.2, 0.25) is 0 Å². The SMILES string of the molecule is Cn1ccnc1CCNC(=O)c1ccc2c(c1)CNCC2. The van der Waals surface area contributed by atoms with E-state index in [0.29, 0.717) is 6.54 Å². The van der Waals surface area contributed by atoms with Crippen LogP contribution in [0.25, 0.3) is 0 Å². The van der Waals surface area contributed by atoms with Crippen LogP contribution < -0.4 is 10.6 Å². The van der Waals surface area contributed by atoms with Crippen LogP contribution in [0, 0.1) is 0 Å². The zero-order chi connectivity index (χ0) is 14.7. The van der Waals surface area contributed by atoms with Gasteiger partial charge in [0.1, 0.15) is 5.82 Å². The van der Waals surface area contributed by atoms with Crippen LogP contribution in [0.3, 0.4) is 0 Å². The number of nitrogens with one attached hydrogen (secondary N) is 2. The summed E-state index contributed by atoms with van der Waals surface area (Å²) in [7, 11) is 1.96. The van der Waals surface area contributed by atoms with Crippen molar-refractivity contribution < 1.29 is 4.79 Å². The van der Waals surface area contributed by atoms with Gasteiger partial charge in [0, 0.05) is 44.5 Å². The monoisotopic (exact) mass is 284 g/mol. The molecule has 0 fully saturated rings. The maximum Gasteiger partial charge on any atom is 0.251 e. The summed E-state index contributed by atoms with van der Waals surface area (Å²) in [5.74, 6) is 0.961. The van der Waals surface area contributed by atoms with Crippen molar-refractivity contribution in [2.24, 2.45) is 7.05 Å². The molecule has 5 nitrogen and oxygen atoms in total. The van der Waals surface area contributed by atoms with Gasteiger partial charge in [0.15, 0.2) is 0 Å². The number of imidazole rings is 1. The Morgan fingerprint density at radius 1 is 1.43 bits per heavy atom. The van der Waals surface area contributed by atoms with Gasteiger partial charge >= 0.3 is 0 Å². The van der Waals surface area contributed by atoms with Gasteiger partial charge in [-0.1, -0.05) is 6.07 Å². The van der Waals surface area contributed by atoms with E-state index in [0.717, 1.165) is 37.3 Å². The molecule has 2 heterocycles. The topological polar surface area (TPSA) is 59.0 Å². The zero-order valence-electron chi connectivity index (χ0n) is 12.2. The van der Waals surface area contributed by atoms with E-state index in [2.05, 4.69) is 21.7 Å². The zero-order valence-corrected chi connectivity index (χ0v) is 12.2. The second-order valence-electron chi connectivity index (χ2n) is 5.37. The van der Waals surface area contributed by atoms with Crippen molar-refractivity contribution in [1.29, 1.82) is 0 Å². The largest absolute Gasteiger partial charge is 0.352 e. The van der Waals surface area contributed by atoms with Crippen LogP contribution in [0.4, 0.5) is 0 Å². The first-order valence-electron chi connectivity index (χ1n) is 7.31. The molecule has 1 amide bonds. The molecule has 1 aliphatic heterocycles. The normalized spacial score (nSPS) is 13.8. The third kappa shape index (κ3) is 3.13. The molecule has 0 bridgehead atoms. The van der Waals surface area contributed by atoms with Crippen LogP contribution in [0.2, 0.25) is 0 Å². The van der Waals surface area contributed by atoms with Crippen molar-refractivity contribution in [1.82, 2.24) is 20.2 Å². The first-order chi connectivity index (χ1) is 10.2. The smallest absolute Gasteiger partial charge is 0.251 e. The average molecular weight is 284 g/mol. The summed E-state index contributed by atoms with van der Waals surface area (Å²) in [6.45, 7) is 2.46. The molecule has 2 N–H and O–H groups in total. The van der Waals surface area contributed by atoms with Crippen LogP contribution in [0.1, 0.15) is 27.3 Å². The number of fused-ring (bicyclic) bond motifs is 1. The molecular formula is C16H20N4O. The second-order valence-corrected chi connectivity index (χ2v) is 5.37. The molecule has 1 aromatic carbocycles. The maximum absolute atomic E-state index is 12.2. The molecule has 5 heteroatoms. The number of rotatable bonds is 4. The molecule has 3 rings (SSSR count). The lowest BCUT2D eigenvalue weighted by atomic mass is 9.98. The Morgan fingerprint density at radius 2 is 2.33 bits per heavy atom.